The van der Waals surface area contributed by atoms with E-state index >= 15 is 0 Å². The molecule has 0 spiro atoms. The van der Waals surface area contributed by atoms with E-state index in [1.807, 2.05) is 17.5 Å². The summed E-state index contributed by atoms with van der Waals surface area (Å²) in [7, 11) is 0. The van der Waals surface area contributed by atoms with Crippen molar-refractivity contribution < 1.29 is 14.4 Å². The van der Waals surface area contributed by atoms with Gasteiger partial charge in [-0.3, -0.25) is 24.6 Å². The summed E-state index contributed by atoms with van der Waals surface area (Å²) in [5.41, 5.74) is 4.40. The van der Waals surface area contributed by atoms with Gasteiger partial charge in [0.05, 0.1) is 12.2 Å². The zero-order valence-corrected chi connectivity index (χ0v) is 17.4. The minimum Gasteiger partial charge on any atom is -0.298 e. The molecule has 1 fully saturated rings. The van der Waals surface area contributed by atoms with Gasteiger partial charge >= 0.3 is 0 Å². The lowest BCUT2D eigenvalue weighted by Gasteiger charge is -2.13. The Balaban J connectivity index is 1.39. The monoisotopic (exact) mass is 419 g/mol. The smallest absolute Gasteiger partial charge is 0.257 e. The van der Waals surface area contributed by atoms with Crippen LogP contribution in [-0.4, -0.2) is 27.6 Å². The molecule has 2 aromatic carbocycles. The maximum atomic E-state index is 12.5. The van der Waals surface area contributed by atoms with Crippen LogP contribution in [0.3, 0.4) is 0 Å². The standard InChI is InChI=1S/C23H21N3O3S/c1-2-15-3-7-17(8-4-15)19-14-30-23(24-19)25-22(29)18-9-5-16(6-10-18)13-26-20(27)11-12-21(26)28/h3-10,14H,2,11-13H2,1H3,(H,24,25,29). The molecule has 0 bridgehead atoms. The van der Waals surface area contributed by atoms with Crippen LogP contribution in [0.4, 0.5) is 5.13 Å². The highest BCUT2D eigenvalue weighted by atomic mass is 32.1. The third-order valence-electron chi connectivity index (χ3n) is 5.09. The molecule has 0 unspecified atom stereocenters. The normalized spacial score (nSPS) is 13.7. The molecule has 3 amide bonds. The Morgan fingerprint density at radius 1 is 1.00 bits per heavy atom. The summed E-state index contributed by atoms with van der Waals surface area (Å²) in [5.74, 6) is -0.548. The number of rotatable bonds is 6. The molecule has 0 radical (unpaired) electrons. The molecule has 2 heterocycles. The second kappa shape index (κ2) is 8.59. The number of aryl methyl sites for hydroxylation is 1. The van der Waals surface area contributed by atoms with Crippen molar-refractivity contribution in [2.75, 3.05) is 5.32 Å². The Hall–Kier alpha value is -3.32. The first kappa shape index (κ1) is 20.0. The van der Waals surface area contributed by atoms with Crippen LogP contribution < -0.4 is 5.32 Å². The Morgan fingerprint density at radius 3 is 2.27 bits per heavy atom. The van der Waals surface area contributed by atoms with Gasteiger partial charge in [0.2, 0.25) is 11.8 Å². The molecule has 0 saturated carbocycles. The SMILES string of the molecule is CCc1ccc(-c2csc(NC(=O)c3ccc(CN4C(=O)CCC4=O)cc3)n2)cc1. The molecule has 1 N–H and O–H groups in total. The zero-order valence-electron chi connectivity index (χ0n) is 16.6. The predicted molar refractivity (Wildman–Crippen MR) is 116 cm³/mol. The van der Waals surface area contributed by atoms with E-state index in [0.29, 0.717) is 10.7 Å². The molecule has 30 heavy (non-hydrogen) atoms. The van der Waals surface area contributed by atoms with Crippen LogP contribution in [0, 0.1) is 0 Å². The third-order valence-corrected chi connectivity index (χ3v) is 5.85. The van der Waals surface area contributed by atoms with Gasteiger partial charge < -0.3 is 0 Å². The fourth-order valence-electron chi connectivity index (χ4n) is 3.29. The molecule has 152 valence electrons. The highest BCUT2D eigenvalue weighted by molar-refractivity contribution is 7.14. The van der Waals surface area contributed by atoms with Gasteiger partial charge in [-0.2, -0.15) is 0 Å². The summed E-state index contributed by atoms with van der Waals surface area (Å²) in [6.45, 7) is 2.36. The summed E-state index contributed by atoms with van der Waals surface area (Å²) in [5, 5.41) is 5.28. The van der Waals surface area contributed by atoms with E-state index in [2.05, 4.69) is 29.4 Å². The maximum absolute atomic E-state index is 12.5. The van der Waals surface area contributed by atoms with Crippen LogP contribution in [0.5, 0.6) is 0 Å². The van der Waals surface area contributed by atoms with Crippen LogP contribution in [-0.2, 0) is 22.6 Å². The van der Waals surface area contributed by atoms with Gasteiger partial charge in [0, 0.05) is 29.3 Å². The number of nitrogens with one attached hydrogen (secondary N) is 1. The van der Waals surface area contributed by atoms with Crippen LogP contribution >= 0.6 is 11.3 Å². The Labute approximate surface area is 178 Å². The number of carbonyl (C=O) groups excluding carboxylic acids is 3. The van der Waals surface area contributed by atoms with Crippen LogP contribution in [0.2, 0.25) is 0 Å². The number of benzene rings is 2. The lowest BCUT2D eigenvalue weighted by atomic mass is 10.1. The summed E-state index contributed by atoms with van der Waals surface area (Å²) in [6.07, 6.45) is 1.54. The maximum Gasteiger partial charge on any atom is 0.257 e. The number of hydrogen-bond acceptors (Lipinski definition) is 5. The molecular weight excluding hydrogens is 398 g/mol. The van der Waals surface area contributed by atoms with Crippen LogP contribution in [0.15, 0.2) is 53.9 Å². The number of aromatic nitrogens is 1. The summed E-state index contributed by atoms with van der Waals surface area (Å²) in [4.78, 5) is 41.8. The van der Waals surface area contributed by atoms with E-state index in [1.54, 1.807) is 24.3 Å². The topological polar surface area (TPSA) is 79.4 Å². The van der Waals surface area contributed by atoms with Crippen molar-refractivity contribution in [3.8, 4) is 11.3 Å². The number of likely N-dealkylation sites (tertiary alicyclic amines) is 1. The second-order valence-electron chi connectivity index (χ2n) is 7.11. The van der Waals surface area contributed by atoms with Crippen molar-refractivity contribution in [1.82, 2.24) is 9.88 Å². The minimum atomic E-state index is -0.253. The zero-order chi connectivity index (χ0) is 21.1. The number of thiazole rings is 1. The molecule has 0 atom stereocenters. The molecule has 4 rings (SSSR count). The molecular formula is C23H21N3O3S. The number of amides is 3. The van der Waals surface area contributed by atoms with E-state index in [0.717, 1.165) is 23.2 Å². The lowest BCUT2D eigenvalue weighted by Crippen LogP contribution is -2.28. The molecule has 1 aromatic heterocycles. The predicted octanol–water partition coefficient (Wildman–Crippen LogP) is 4.27. The number of anilines is 1. The summed E-state index contributed by atoms with van der Waals surface area (Å²) < 4.78 is 0. The molecule has 1 aliphatic heterocycles. The van der Waals surface area contributed by atoms with Gasteiger partial charge in [0.25, 0.3) is 5.91 Å². The highest BCUT2D eigenvalue weighted by Gasteiger charge is 2.28. The molecule has 3 aromatic rings. The van der Waals surface area contributed by atoms with E-state index in [4.69, 9.17) is 0 Å². The fourth-order valence-corrected chi connectivity index (χ4v) is 4.00. The molecule has 1 aliphatic rings. The quantitative estimate of drug-likeness (QED) is 0.605. The minimum absolute atomic E-state index is 0.147. The first-order chi connectivity index (χ1) is 14.5. The van der Waals surface area contributed by atoms with Gasteiger partial charge in [0.15, 0.2) is 5.13 Å². The molecule has 1 saturated heterocycles. The van der Waals surface area contributed by atoms with Crippen molar-refractivity contribution in [2.24, 2.45) is 0 Å². The second-order valence-corrected chi connectivity index (χ2v) is 7.97. The molecule has 6 nitrogen and oxygen atoms in total. The first-order valence-electron chi connectivity index (χ1n) is 9.82. The molecule has 7 heteroatoms. The average molecular weight is 420 g/mol. The van der Waals surface area contributed by atoms with Gasteiger partial charge in [-0.05, 0) is 29.7 Å². The lowest BCUT2D eigenvalue weighted by molar-refractivity contribution is -0.139. The van der Waals surface area contributed by atoms with Gasteiger partial charge in [-0.15, -0.1) is 11.3 Å². The van der Waals surface area contributed by atoms with Crippen molar-refractivity contribution in [3.05, 3.63) is 70.6 Å². The van der Waals surface area contributed by atoms with Crippen molar-refractivity contribution in [2.45, 2.75) is 32.7 Å². The number of carbonyl (C=O) groups is 3. The van der Waals surface area contributed by atoms with Crippen molar-refractivity contribution in [1.29, 1.82) is 0 Å². The van der Waals surface area contributed by atoms with E-state index < -0.39 is 0 Å². The van der Waals surface area contributed by atoms with Gasteiger partial charge in [-0.25, -0.2) is 4.98 Å². The Morgan fingerprint density at radius 2 is 1.63 bits per heavy atom. The number of hydrogen-bond donors (Lipinski definition) is 1. The Bertz CT molecular complexity index is 1070. The Kier molecular flexibility index (Phi) is 5.72. The van der Waals surface area contributed by atoms with Crippen LogP contribution in [0.1, 0.15) is 41.3 Å². The van der Waals surface area contributed by atoms with Crippen molar-refractivity contribution >= 4 is 34.2 Å². The number of nitrogens with zero attached hydrogens (tertiary/aromatic N) is 2. The van der Waals surface area contributed by atoms with E-state index in [9.17, 15) is 14.4 Å². The number of imide groups is 1. The van der Waals surface area contributed by atoms with Crippen molar-refractivity contribution in [3.63, 3.8) is 0 Å². The summed E-state index contributed by atoms with van der Waals surface area (Å²) in [6, 6.07) is 15.1. The highest BCUT2D eigenvalue weighted by Crippen LogP contribution is 2.26. The van der Waals surface area contributed by atoms with Gasteiger partial charge in [-0.1, -0.05) is 43.3 Å². The third kappa shape index (κ3) is 4.31. The average Bonchev–Trinajstić information content (AvgIpc) is 3.36. The summed E-state index contributed by atoms with van der Waals surface area (Å²) >= 11 is 1.38. The van der Waals surface area contributed by atoms with E-state index in [1.165, 1.54) is 21.8 Å². The molecule has 0 aliphatic carbocycles. The first-order valence-corrected chi connectivity index (χ1v) is 10.7. The van der Waals surface area contributed by atoms with Gasteiger partial charge in [0.1, 0.15) is 0 Å². The van der Waals surface area contributed by atoms with E-state index in [-0.39, 0.29) is 37.1 Å². The fraction of sp³-hybridized carbons (Fsp3) is 0.217. The van der Waals surface area contributed by atoms with Crippen LogP contribution in [0.25, 0.3) is 11.3 Å². The largest absolute Gasteiger partial charge is 0.298 e.